The normalized spacial score (nSPS) is 12.3. The number of nitrogens with one attached hydrogen (secondary N) is 2. The van der Waals surface area contributed by atoms with Gasteiger partial charge in [-0.25, -0.2) is 21.6 Å². The maximum absolute atomic E-state index is 11.9. The van der Waals surface area contributed by atoms with E-state index in [-0.39, 0.29) is 22.9 Å². The second-order valence-corrected chi connectivity index (χ2v) is 8.32. The predicted molar refractivity (Wildman–Crippen MR) is 80.1 cm³/mol. The van der Waals surface area contributed by atoms with E-state index in [1.54, 1.807) is 32.0 Å². The Balaban J connectivity index is 2.80. The maximum atomic E-state index is 11.9. The molecular weight excluding hydrogens is 300 g/mol. The van der Waals surface area contributed by atoms with Crippen molar-refractivity contribution < 1.29 is 16.8 Å². The van der Waals surface area contributed by atoms with Crippen molar-refractivity contribution >= 4 is 25.5 Å². The fourth-order valence-corrected chi connectivity index (χ4v) is 3.68. The summed E-state index contributed by atoms with van der Waals surface area (Å²) in [6.45, 7) is 3.75. The molecule has 0 heterocycles. The SMILES string of the molecule is CCNS(=O)(=O)CCNc1ccccc1S(=O)(=O)CC. The third kappa shape index (κ3) is 4.77. The van der Waals surface area contributed by atoms with Crippen LogP contribution in [0.3, 0.4) is 0 Å². The Bertz CT molecular complexity index is 639. The van der Waals surface area contributed by atoms with Gasteiger partial charge in [-0.15, -0.1) is 0 Å². The summed E-state index contributed by atoms with van der Waals surface area (Å²) in [7, 11) is -6.65. The molecule has 0 aliphatic heterocycles. The first-order chi connectivity index (χ1) is 9.32. The van der Waals surface area contributed by atoms with Gasteiger partial charge in [0.2, 0.25) is 10.0 Å². The lowest BCUT2D eigenvalue weighted by Crippen LogP contribution is -2.29. The van der Waals surface area contributed by atoms with Gasteiger partial charge < -0.3 is 5.32 Å². The molecule has 0 unspecified atom stereocenters. The lowest BCUT2D eigenvalue weighted by molar-refractivity contribution is 0.584. The largest absolute Gasteiger partial charge is 0.383 e. The van der Waals surface area contributed by atoms with E-state index in [1.165, 1.54) is 6.07 Å². The minimum Gasteiger partial charge on any atom is -0.383 e. The molecule has 0 fully saturated rings. The molecule has 2 N–H and O–H groups in total. The van der Waals surface area contributed by atoms with Gasteiger partial charge in [0, 0.05) is 13.1 Å². The molecule has 0 bridgehead atoms. The molecule has 0 aromatic heterocycles. The van der Waals surface area contributed by atoms with Crippen molar-refractivity contribution in [2.45, 2.75) is 18.7 Å². The minimum absolute atomic E-state index is 0.00137. The molecule has 0 saturated carbocycles. The Morgan fingerprint density at radius 1 is 1.05 bits per heavy atom. The van der Waals surface area contributed by atoms with Gasteiger partial charge in [-0.05, 0) is 12.1 Å². The zero-order valence-electron chi connectivity index (χ0n) is 11.6. The molecule has 0 aliphatic rings. The summed E-state index contributed by atoms with van der Waals surface area (Å²) in [6, 6.07) is 6.49. The van der Waals surface area contributed by atoms with Crippen molar-refractivity contribution in [1.82, 2.24) is 4.72 Å². The van der Waals surface area contributed by atoms with Crippen LogP contribution in [0.5, 0.6) is 0 Å². The average Bonchev–Trinajstić information content (AvgIpc) is 2.39. The Labute approximate surface area is 120 Å². The van der Waals surface area contributed by atoms with E-state index in [4.69, 9.17) is 0 Å². The van der Waals surface area contributed by atoms with Gasteiger partial charge in [0.25, 0.3) is 0 Å². The van der Waals surface area contributed by atoms with E-state index in [0.29, 0.717) is 12.2 Å². The summed E-state index contributed by atoms with van der Waals surface area (Å²) < 4.78 is 49.2. The monoisotopic (exact) mass is 320 g/mol. The third-order valence-electron chi connectivity index (χ3n) is 2.65. The molecule has 0 aliphatic carbocycles. The topological polar surface area (TPSA) is 92.3 Å². The molecule has 1 aromatic rings. The molecule has 20 heavy (non-hydrogen) atoms. The van der Waals surface area contributed by atoms with Gasteiger partial charge in [0.15, 0.2) is 9.84 Å². The number of sulfone groups is 1. The van der Waals surface area contributed by atoms with Crippen LogP contribution in [0.25, 0.3) is 0 Å². The Morgan fingerprint density at radius 2 is 1.70 bits per heavy atom. The van der Waals surface area contributed by atoms with Crippen LogP contribution >= 0.6 is 0 Å². The molecule has 114 valence electrons. The second-order valence-electron chi connectivity index (χ2n) is 4.14. The molecular formula is C12H20N2O4S2. The Kier molecular flexibility index (Phi) is 5.97. The number of rotatable bonds is 8. The summed E-state index contributed by atoms with van der Waals surface area (Å²) >= 11 is 0. The second kappa shape index (κ2) is 7.05. The highest BCUT2D eigenvalue weighted by Crippen LogP contribution is 2.21. The highest BCUT2D eigenvalue weighted by molar-refractivity contribution is 7.91. The first kappa shape index (κ1) is 16.9. The van der Waals surface area contributed by atoms with Crippen LogP contribution in [0, 0.1) is 0 Å². The summed E-state index contributed by atoms with van der Waals surface area (Å²) in [5.74, 6) is -0.108. The van der Waals surface area contributed by atoms with Crippen LogP contribution in [-0.2, 0) is 19.9 Å². The summed E-state index contributed by atoms with van der Waals surface area (Å²) in [5.41, 5.74) is 0.432. The molecule has 0 radical (unpaired) electrons. The third-order valence-corrected chi connectivity index (χ3v) is 5.91. The summed E-state index contributed by atoms with van der Waals surface area (Å²) in [6.07, 6.45) is 0. The summed E-state index contributed by atoms with van der Waals surface area (Å²) in [5, 5.41) is 2.87. The quantitative estimate of drug-likeness (QED) is 0.740. The zero-order valence-corrected chi connectivity index (χ0v) is 13.2. The number of hydrogen-bond acceptors (Lipinski definition) is 5. The lowest BCUT2D eigenvalue weighted by atomic mass is 10.3. The molecule has 6 nitrogen and oxygen atoms in total. The summed E-state index contributed by atoms with van der Waals surface area (Å²) in [4.78, 5) is 0.198. The maximum Gasteiger partial charge on any atom is 0.213 e. The first-order valence-corrected chi connectivity index (χ1v) is 9.66. The number of anilines is 1. The standard InChI is InChI=1S/C12H20N2O4S2/c1-3-14-20(17,18)10-9-13-11-7-5-6-8-12(11)19(15,16)4-2/h5-8,13-14H,3-4,9-10H2,1-2H3. The number of benzene rings is 1. The van der Waals surface area contributed by atoms with Gasteiger partial charge in [0.05, 0.1) is 22.1 Å². The van der Waals surface area contributed by atoms with Crippen LogP contribution in [0.2, 0.25) is 0 Å². The van der Waals surface area contributed by atoms with E-state index in [0.717, 1.165) is 0 Å². The van der Waals surface area contributed by atoms with E-state index in [1.807, 2.05) is 0 Å². The number of para-hydroxylation sites is 1. The van der Waals surface area contributed by atoms with Gasteiger partial charge >= 0.3 is 0 Å². The van der Waals surface area contributed by atoms with Crippen molar-refractivity contribution in [3.05, 3.63) is 24.3 Å². The van der Waals surface area contributed by atoms with E-state index in [9.17, 15) is 16.8 Å². The van der Waals surface area contributed by atoms with Crippen molar-refractivity contribution in [2.75, 3.05) is 29.9 Å². The highest BCUT2D eigenvalue weighted by Gasteiger charge is 2.16. The van der Waals surface area contributed by atoms with Crippen LogP contribution in [-0.4, -0.2) is 41.4 Å². The van der Waals surface area contributed by atoms with Gasteiger partial charge in [-0.3, -0.25) is 0 Å². The van der Waals surface area contributed by atoms with Gasteiger partial charge in [-0.2, -0.15) is 0 Å². The van der Waals surface area contributed by atoms with Crippen molar-refractivity contribution in [3.8, 4) is 0 Å². The van der Waals surface area contributed by atoms with Crippen LogP contribution in [0.1, 0.15) is 13.8 Å². The Morgan fingerprint density at radius 3 is 2.30 bits per heavy atom. The fourth-order valence-electron chi connectivity index (χ4n) is 1.65. The lowest BCUT2D eigenvalue weighted by Gasteiger charge is -2.12. The molecule has 0 spiro atoms. The molecule has 0 saturated heterocycles. The Hall–Kier alpha value is -1.12. The van der Waals surface area contributed by atoms with Crippen LogP contribution in [0.15, 0.2) is 29.2 Å². The van der Waals surface area contributed by atoms with Crippen molar-refractivity contribution in [3.63, 3.8) is 0 Å². The molecule has 1 rings (SSSR count). The first-order valence-electron chi connectivity index (χ1n) is 6.35. The highest BCUT2D eigenvalue weighted by atomic mass is 32.2. The van der Waals surface area contributed by atoms with Crippen LogP contribution < -0.4 is 10.0 Å². The van der Waals surface area contributed by atoms with Crippen molar-refractivity contribution in [1.29, 1.82) is 0 Å². The zero-order chi connectivity index (χ0) is 15.2. The van der Waals surface area contributed by atoms with Gasteiger partial charge in [-0.1, -0.05) is 26.0 Å². The van der Waals surface area contributed by atoms with Gasteiger partial charge in [0.1, 0.15) is 0 Å². The average molecular weight is 320 g/mol. The molecule has 0 amide bonds. The molecule has 0 atom stereocenters. The van der Waals surface area contributed by atoms with Crippen LogP contribution in [0.4, 0.5) is 5.69 Å². The minimum atomic E-state index is -3.33. The number of sulfonamides is 1. The number of hydrogen-bond donors (Lipinski definition) is 2. The van der Waals surface area contributed by atoms with E-state index < -0.39 is 19.9 Å². The van der Waals surface area contributed by atoms with E-state index >= 15 is 0 Å². The molecule has 1 aromatic carbocycles. The molecule has 8 heteroatoms. The van der Waals surface area contributed by atoms with Crippen molar-refractivity contribution in [2.24, 2.45) is 0 Å². The fraction of sp³-hybridized carbons (Fsp3) is 0.500. The van der Waals surface area contributed by atoms with E-state index in [2.05, 4.69) is 10.0 Å². The predicted octanol–water partition coefficient (Wildman–Crippen LogP) is 0.831. The smallest absolute Gasteiger partial charge is 0.213 e.